The zero-order valence-corrected chi connectivity index (χ0v) is 21.6. The van der Waals surface area contributed by atoms with Crippen LogP contribution in [0.15, 0.2) is 71.8 Å². The topological polar surface area (TPSA) is 99.6 Å². The first-order chi connectivity index (χ1) is 18.5. The van der Waals surface area contributed by atoms with E-state index in [1.54, 1.807) is 6.92 Å². The molecule has 39 heavy (non-hydrogen) atoms. The number of nitrogens with zero attached hydrogens (tertiary/aromatic N) is 2. The maximum atomic E-state index is 14.3. The normalized spacial score (nSPS) is 15.4. The lowest BCUT2D eigenvalue weighted by Gasteiger charge is -2.38. The van der Waals surface area contributed by atoms with E-state index in [9.17, 15) is 31.5 Å². The zero-order chi connectivity index (χ0) is 27.9. The first-order valence-corrected chi connectivity index (χ1v) is 13.6. The molecule has 11 heteroatoms. The van der Waals surface area contributed by atoms with Gasteiger partial charge in [0.05, 0.1) is 16.8 Å². The molecule has 202 valence electrons. The second kappa shape index (κ2) is 9.97. The molecule has 0 bridgehead atoms. The van der Waals surface area contributed by atoms with Crippen molar-refractivity contribution in [3.8, 4) is 0 Å². The maximum Gasteiger partial charge on any atom is 0.264 e. The van der Waals surface area contributed by atoms with Crippen molar-refractivity contribution >= 4 is 32.5 Å². The largest absolute Gasteiger partial charge is 0.385 e. The van der Waals surface area contributed by atoms with Gasteiger partial charge in [-0.15, -0.1) is 0 Å². The van der Waals surface area contributed by atoms with Crippen LogP contribution in [0.3, 0.4) is 0 Å². The molecule has 5 rings (SSSR count). The van der Waals surface area contributed by atoms with Crippen LogP contribution in [0.5, 0.6) is 0 Å². The number of rotatable bonds is 5. The average Bonchev–Trinajstić information content (AvgIpc) is 2.91. The SMILES string of the molecule is Cc1cc(C(=O)N2CCC(O)(c3cccc(F)c3F)CC2)ccc1NS(=O)(=O)c1ccc(F)c2cccnc12. The third-order valence-electron chi connectivity index (χ3n) is 7.02. The first kappa shape index (κ1) is 26.6. The molecule has 1 amide bonds. The van der Waals surface area contributed by atoms with E-state index in [0.29, 0.717) is 11.1 Å². The maximum absolute atomic E-state index is 14.3. The highest BCUT2D eigenvalue weighted by molar-refractivity contribution is 7.93. The smallest absolute Gasteiger partial charge is 0.264 e. The van der Waals surface area contributed by atoms with Crippen molar-refractivity contribution in [2.45, 2.75) is 30.3 Å². The number of carbonyl (C=O) groups is 1. The van der Waals surface area contributed by atoms with Gasteiger partial charge in [0.2, 0.25) is 0 Å². The molecule has 7 nitrogen and oxygen atoms in total. The Balaban J connectivity index is 1.32. The van der Waals surface area contributed by atoms with Gasteiger partial charge in [0, 0.05) is 35.8 Å². The van der Waals surface area contributed by atoms with Crippen molar-refractivity contribution in [1.82, 2.24) is 9.88 Å². The van der Waals surface area contributed by atoms with Crippen LogP contribution in [0.4, 0.5) is 18.9 Å². The van der Waals surface area contributed by atoms with Crippen molar-refractivity contribution in [3.63, 3.8) is 0 Å². The third kappa shape index (κ3) is 4.95. The lowest BCUT2D eigenvalue weighted by molar-refractivity contribution is -0.0240. The van der Waals surface area contributed by atoms with Crippen LogP contribution in [0.2, 0.25) is 0 Å². The van der Waals surface area contributed by atoms with E-state index in [4.69, 9.17) is 0 Å². The quantitative estimate of drug-likeness (QED) is 0.366. The van der Waals surface area contributed by atoms with Gasteiger partial charge in [0.25, 0.3) is 15.9 Å². The fraction of sp³-hybridized carbons (Fsp3) is 0.214. The van der Waals surface area contributed by atoms with Crippen LogP contribution >= 0.6 is 0 Å². The van der Waals surface area contributed by atoms with Crippen molar-refractivity contribution < 1.29 is 31.5 Å². The van der Waals surface area contributed by atoms with E-state index in [1.165, 1.54) is 53.6 Å². The molecule has 0 spiro atoms. The molecule has 0 aliphatic carbocycles. The second-order valence-corrected chi connectivity index (χ2v) is 11.2. The number of nitrogens with one attached hydrogen (secondary N) is 1. The van der Waals surface area contributed by atoms with E-state index in [2.05, 4.69) is 9.71 Å². The van der Waals surface area contributed by atoms with Crippen molar-refractivity contribution in [3.05, 3.63) is 101 Å². The monoisotopic (exact) mass is 555 g/mol. The summed E-state index contributed by atoms with van der Waals surface area (Å²) in [5.74, 6) is -3.08. The number of piperidine rings is 1. The van der Waals surface area contributed by atoms with Gasteiger partial charge >= 0.3 is 0 Å². The predicted octanol–water partition coefficient (Wildman–Crippen LogP) is 4.89. The minimum absolute atomic E-state index is 0.00219. The van der Waals surface area contributed by atoms with Crippen molar-refractivity contribution in [1.29, 1.82) is 0 Å². The number of carbonyl (C=O) groups excluding carboxylic acids is 1. The molecular weight excluding hydrogens is 531 g/mol. The highest BCUT2D eigenvalue weighted by atomic mass is 32.2. The number of benzene rings is 3. The standard InChI is InChI=1S/C28H24F3N3O4S/c1-17-16-18(27(35)34-14-11-28(36,12-15-34)20-5-2-6-22(30)25(20)31)7-9-23(17)33-39(37,38)24-10-8-21(29)19-4-3-13-32-26(19)24/h2-10,13,16,33,36H,11-12,14-15H2,1H3. The molecule has 1 aromatic heterocycles. The molecule has 2 N–H and O–H groups in total. The lowest BCUT2D eigenvalue weighted by Crippen LogP contribution is -2.45. The fourth-order valence-corrected chi connectivity index (χ4v) is 6.13. The van der Waals surface area contributed by atoms with E-state index in [1.807, 2.05) is 0 Å². The number of sulfonamides is 1. The third-order valence-corrected chi connectivity index (χ3v) is 8.41. The number of aryl methyl sites for hydroxylation is 1. The molecule has 1 aliphatic heterocycles. The Kier molecular flexibility index (Phi) is 6.81. The first-order valence-electron chi connectivity index (χ1n) is 12.1. The average molecular weight is 556 g/mol. The summed E-state index contributed by atoms with van der Waals surface area (Å²) >= 11 is 0. The van der Waals surface area contributed by atoms with Crippen LogP contribution in [-0.4, -0.2) is 42.4 Å². The highest BCUT2D eigenvalue weighted by Crippen LogP contribution is 2.35. The number of aromatic nitrogens is 1. The summed E-state index contributed by atoms with van der Waals surface area (Å²) in [7, 11) is -4.14. The molecule has 0 atom stereocenters. The van der Waals surface area contributed by atoms with Crippen LogP contribution in [0.25, 0.3) is 10.9 Å². The van der Waals surface area contributed by atoms with Gasteiger partial charge in [-0.1, -0.05) is 12.1 Å². The number of aliphatic hydroxyl groups is 1. The van der Waals surface area contributed by atoms with Crippen LogP contribution < -0.4 is 4.72 Å². The van der Waals surface area contributed by atoms with Gasteiger partial charge in [-0.05, 0) is 73.9 Å². The number of anilines is 1. The molecule has 4 aromatic rings. The van der Waals surface area contributed by atoms with Crippen molar-refractivity contribution in [2.75, 3.05) is 17.8 Å². The Labute approximate surface area is 223 Å². The summed E-state index contributed by atoms with van der Waals surface area (Å²) in [6.45, 7) is 1.87. The minimum atomic E-state index is -4.14. The van der Waals surface area contributed by atoms with Crippen LogP contribution in [-0.2, 0) is 15.6 Å². The van der Waals surface area contributed by atoms with Gasteiger partial charge in [0.1, 0.15) is 10.7 Å². The molecular formula is C28H24F3N3O4S. The van der Waals surface area contributed by atoms with E-state index in [-0.39, 0.29) is 58.9 Å². The molecule has 2 heterocycles. The van der Waals surface area contributed by atoms with Gasteiger partial charge < -0.3 is 10.0 Å². The highest BCUT2D eigenvalue weighted by Gasteiger charge is 2.38. The van der Waals surface area contributed by atoms with Crippen molar-refractivity contribution in [2.24, 2.45) is 0 Å². The number of pyridine rings is 1. The molecule has 1 aliphatic rings. The zero-order valence-electron chi connectivity index (χ0n) is 20.8. The Morgan fingerprint density at radius 1 is 1.00 bits per heavy atom. The number of hydrogen-bond acceptors (Lipinski definition) is 5. The fourth-order valence-electron chi connectivity index (χ4n) is 4.83. The van der Waals surface area contributed by atoms with Gasteiger partial charge in [-0.2, -0.15) is 0 Å². The summed E-state index contributed by atoms with van der Waals surface area (Å²) < 4.78 is 70.9. The summed E-state index contributed by atoms with van der Waals surface area (Å²) in [4.78, 5) is 18.5. The Hall–Kier alpha value is -3.96. The minimum Gasteiger partial charge on any atom is -0.385 e. The van der Waals surface area contributed by atoms with E-state index in [0.717, 1.165) is 18.2 Å². The van der Waals surface area contributed by atoms with Gasteiger partial charge in [-0.25, -0.2) is 21.6 Å². The molecule has 1 saturated heterocycles. The molecule has 0 unspecified atom stereocenters. The summed E-state index contributed by atoms with van der Waals surface area (Å²) in [5.41, 5.74) is -0.732. The molecule has 0 saturated carbocycles. The van der Waals surface area contributed by atoms with Gasteiger partial charge in [0.15, 0.2) is 11.6 Å². The number of amides is 1. The van der Waals surface area contributed by atoms with Crippen LogP contribution in [0.1, 0.15) is 34.3 Å². The Morgan fingerprint density at radius 3 is 2.46 bits per heavy atom. The second-order valence-electron chi connectivity index (χ2n) is 9.51. The number of likely N-dealkylation sites (tertiary alicyclic amines) is 1. The van der Waals surface area contributed by atoms with E-state index >= 15 is 0 Å². The lowest BCUT2D eigenvalue weighted by atomic mass is 9.84. The summed E-state index contributed by atoms with van der Waals surface area (Å²) in [5, 5.41) is 11.0. The number of halogens is 3. The molecule has 1 fully saturated rings. The summed E-state index contributed by atoms with van der Waals surface area (Å²) in [6, 6.07) is 13.3. The summed E-state index contributed by atoms with van der Waals surface area (Å²) in [6.07, 6.45) is 1.42. The Morgan fingerprint density at radius 2 is 1.74 bits per heavy atom. The van der Waals surface area contributed by atoms with Crippen LogP contribution in [0, 0.1) is 24.4 Å². The number of hydrogen-bond donors (Lipinski definition) is 2. The predicted molar refractivity (Wildman–Crippen MR) is 139 cm³/mol. The van der Waals surface area contributed by atoms with E-state index < -0.39 is 33.1 Å². The molecule has 3 aromatic carbocycles. The van der Waals surface area contributed by atoms with Gasteiger partial charge in [-0.3, -0.25) is 14.5 Å². The number of fused-ring (bicyclic) bond motifs is 1. The molecule has 0 radical (unpaired) electrons. The Bertz CT molecular complexity index is 1700.